The summed E-state index contributed by atoms with van der Waals surface area (Å²) in [6, 6.07) is 9.33. The van der Waals surface area contributed by atoms with E-state index >= 15 is 0 Å². The molecule has 1 saturated carbocycles. The minimum absolute atomic E-state index is 0.312. The van der Waals surface area contributed by atoms with Crippen LogP contribution in [0.3, 0.4) is 0 Å². The van der Waals surface area contributed by atoms with Gasteiger partial charge in [-0.2, -0.15) is 0 Å². The van der Waals surface area contributed by atoms with Crippen molar-refractivity contribution in [2.45, 2.75) is 37.4 Å². The number of amides is 1. The highest BCUT2D eigenvalue weighted by Crippen LogP contribution is 2.46. The predicted octanol–water partition coefficient (Wildman–Crippen LogP) is 0.957. The van der Waals surface area contributed by atoms with Crippen LogP contribution in [0.4, 0.5) is 0 Å². The zero-order valence-electron chi connectivity index (χ0n) is 14.0. The van der Waals surface area contributed by atoms with E-state index in [-0.39, 0.29) is 5.92 Å². The highest BCUT2D eigenvalue weighted by molar-refractivity contribution is 6.15. The van der Waals surface area contributed by atoms with E-state index in [0.717, 1.165) is 18.4 Å². The maximum atomic E-state index is 12.4. The molecule has 2 fully saturated rings. The highest BCUT2D eigenvalue weighted by atomic mass is 16.7. The van der Waals surface area contributed by atoms with Gasteiger partial charge in [0.2, 0.25) is 11.8 Å². The highest BCUT2D eigenvalue weighted by Gasteiger charge is 2.56. The molecule has 1 aromatic rings. The largest absolute Gasteiger partial charge is 0.480 e. The standard InChI is InChI=1S/C18H19NO7/c20-13(21)10-19-15(22)14-16(23)25-18(26-17(14)24)9-5-4-8-12(18)11-6-2-1-3-7-11/h1-3,6-7,12,14H,4-5,8-10H2,(H,19,22)(H,20,21). The van der Waals surface area contributed by atoms with Gasteiger partial charge in [-0.05, 0) is 18.4 Å². The quantitative estimate of drug-likeness (QED) is 0.605. The van der Waals surface area contributed by atoms with Gasteiger partial charge < -0.3 is 19.9 Å². The van der Waals surface area contributed by atoms with Crippen molar-refractivity contribution in [2.75, 3.05) is 6.54 Å². The van der Waals surface area contributed by atoms with Crippen LogP contribution in [0, 0.1) is 5.92 Å². The van der Waals surface area contributed by atoms with Crippen molar-refractivity contribution >= 4 is 23.8 Å². The van der Waals surface area contributed by atoms with E-state index in [0.29, 0.717) is 12.8 Å². The Morgan fingerprint density at radius 2 is 1.77 bits per heavy atom. The molecule has 0 bridgehead atoms. The minimum Gasteiger partial charge on any atom is -0.480 e. The molecule has 1 unspecified atom stereocenters. The van der Waals surface area contributed by atoms with E-state index in [2.05, 4.69) is 0 Å². The first-order valence-corrected chi connectivity index (χ1v) is 8.43. The normalized spacial score (nSPS) is 28.2. The Kier molecular flexibility index (Phi) is 4.92. The average molecular weight is 361 g/mol. The third-order valence-electron chi connectivity index (χ3n) is 4.70. The second-order valence-corrected chi connectivity index (χ2v) is 6.41. The molecule has 3 rings (SSSR count). The van der Waals surface area contributed by atoms with Gasteiger partial charge in [0.1, 0.15) is 6.54 Å². The molecule has 1 aromatic carbocycles. The lowest BCUT2D eigenvalue weighted by molar-refractivity contribution is -0.266. The van der Waals surface area contributed by atoms with Gasteiger partial charge in [0.25, 0.3) is 5.79 Å². The van der Waals surface area contributed by atoms with Crippen molar-refractivity contribution < 1.29 is 33.8 Å². The third-order valence-corrected chi connectivity index (χ3v) is 4.70. The second kappa shape index (κ2) is 7.15. The van der Waals surface area contributed by atoms with Crippen LogP contribution in [0.1, 0.15) is 37.2 Å². The molecule has 2 aliphatic rings. The predicted molar refractivity (Wildman–Crippen MR) is 86.7 cm³/mol. The number of hydrogen-bond donors (Lipinski definition) is 2. The number of carboxylic acid groups (broad SMARTS) is 1. The SMILES string of the molecule is O=C(O)CNC(=O)C1C(=O)OC2(CCCCC2c2ccccc2)OC1=O. The summed E-state index contributed by atoms with van der Waals surface area (Å²) in [6.45, 7) is -0.701. The lowest BCUT2D eigenvalue weighted by atomic mass is 9.78. The molecular weight excluding hydrogens is 342 g/mol. The summed E-state index contributed by atoms with van der Waals surface area (Å²) in [5, 5.41) is 10.6. The Balaban J connectivity index is 1.82. The first kappa shape index (κ1) is 17.9. The number of hydrogen-bond acceptors (Lipinski definition) is 6. The minimum atomic E-state index is -1.81. The molecule has 8 nitrogen and oxygen atoms in total. The van der Waals surface area contributed by atoms with E-state index < -0.39 is 42.1 Å². The molecular formula is C18H19NO7. The Bertz CT molecular complexity index is 712. The summed E-state index contributed by atoms with van der Waals surface area (Å²) in [7, 11) is 0. The number of rotatable bonds is 4. The Morgan fingerprint density at radius 1 is 1.12 bits per heavy atom. The third kappa shape index (κ3) is 3.40. The zero-order valence-corrected chi connectivity index (χ0v) is 14.0. The maximum Gasteiger partial charge on any atom is 0.333 e. The van der Waals surface area contributed by atoms with Crippen molar-refractivity contribution in [1.82, 2.24) is 5.32 Å². The fourth-order valence-corrected chi connectivity index (χ4v) is 3.52. The van der Waals surface area contributed by atoms with Gasteiger partial charge in [-0.15, -0.1) is 0 Å². The van der Waals surface area contributed by atoms with Crippen LogP contribution in [-0.4, -0.2) is 41.3 Å². The summed E-state index contributed by atoms with van der Waals surface area (Å²) < 4.78 is 11.0. The summed E-state index contributed by atoms with van der Waals surface area (Å²) in [5.74, 6) is -7.88. The van der Waals surface area contributed by atoms with E-state index in [1.54, 1.807) is 0 Å². The van der Waals surface area contributed by atoms with Gasteiger partial charge in [0.15, 0.2) is 0 Å². The van der Waals surface area contributed by atoms with E-state index in [9.17, 15) is 19.2 Å². The van der Waals surface area contributed by atoms with E-state index in [1.807, 2.05) is 35.6 Å². The number of carboxylic acids is 1. The molecule has 0 radical (unpaired) electrons. The fourth-order valence-electron chi connectivity index (χ4n) is 3.52. The van der Waals surface area contributed by atoms with Crippen LogP contribution in [0.15, 0.2) is 30.3 Å². The lowest BCUT2D eigenvalue weighted by Gasteiger charge is -2.45. The Hall–Kier alpha value is -2.90. The molecule has 138 valence electrons. The lowest BCUT2D eigenvalue weighted by Crippen LogP contribution is -2.57. The summed E-state index contributed by atoms with van der Waals surface area (Å²) in [4.78, 5) is 47.3. The van der Waals surface area contributed by atoms with E-state index in [1.165, 1.54) is 0 Å². The van der Waals surface area contributed by atoms with Crippen molar-refractivity contribution in [3.05, 3.63) is 35.9 Å². The molecule has 1 heterocycles. The summed E-state index contributed by atoms with van der Waals surface area (Å²) in [5.41, 5.74) is 0.890. The van der Waals surface area contributed by atoms with Crippen LogP contribution >= 0.6 is 0 Å². The van der Waals surface area contributed by atoms with Crippen molar-refractivity contribution in [1.29, 1.82) is 0 Å². The number of carbonyl (C=O) groups is 4. The molecule has 1 spiro atoms. The Morgan fingerprint density at radius 3 is 2.38 bits per heavy atom. The van der Waals surface area contributed by atoms with Gasteiger partial charge >= 0.3 is 17.9 Å². The molecule has 1 aliphatic heterocycles. The zero-order chi connectivity index (χ0) is 18.7. The monoisotopic (exact) mass is 361 g/mol. The van der Waals surface area contributed by atoms with Gasteiger partial charge in [-0.1, -0.05) is 36.8 Å². The van der Waals surface area contributed by atoms with Crippen molar-refractivity contribution in [3.8, 4) is 0 Å². The first-order valence-electron chi connectivity index (χ1n) is 8.43. The molecule has 8 heteroatoms. The van der Waals surface area contributed by atoms with Crippen LogP contribution in [0.2, 0.25) is 0 Å². The molecule has 1 atom stereocenters. The fraction of sp³-hybridized carbons (Fsp3) is 0.444. The van der Waals surface area contributed by atoms with Gasteiger partial charge in [0, 0.05) is 6.42 Å². The molecule has 1 saturated heterocycles. The number of esters is 2. The molecule has 1 amide bonds. The average Bonchev–Trinajstić information content (AvgIpc) is 2.60. The first-order chi connectivity index (χ1) is 12.4. The smallest absolute Gasteiger partial charge is 0.333 e. The molecule has 0 aromatic heterocycles. The number of carbonyl (C=O) groups excluding carboxylic acids is 3. The second-order valence-electron chi connectivity index (χ2n) is 6.41. The molecule has 2 N–H and O–H groups in total. The van der Waals surface area contributed by atoms with Crippen LogP contribution in [0.5, 0.6) is 0 Å². The van der Waals surface area contributed by atoms with Crippen LogP contribution in [0.25, 0.3) is 0 Å². The number of benzene rings is 1. The topological polar surface area (TPSA) is 119 Å². The van der Waals surface area contributed by atoms with Crippen molar-refractivity contribution in [2.24, 2.45) is 5.92 Å². The van der Waals surface area contributed by atoms with Gasteiger partial charge in [0.05, 0.1) is 5.92 Å². The van der Waals surface area contributed by atoms with Gasteiger partial charge in [-0.3, -0.25) is 19.2 Å². The summed E-state index contributed by atoms with van der Waals surface area (Å²) in [6.07, 6.45) is 2.66. The van der Waals surface area contributed by atoms with Crippen LogP contribution < -0.4 is 5.32 Å². The number of nitrogens with one attached hydrogen (secondary N) is 1. The molecule has 26 heavy (non-hydrogen) atoms. The maximum absolute atomic E-state index is 12.4. The van der Waals surface area contributed by atoms with Gasteiger partial charge in [-0.25, -0.2) is 0 Å². The van der Waals surface area contributed by atoms with Crippen LogP contribution in [-0.2, 0) is 28.7 Å². The Labute approximate surface area is 149 Å². The molecule has 1 aliphatic carbocycles. The number of ether oxygens (including phenoxy) is 2. The number of aliphatic carboxylic acids is 1. The summed E-state index contributed by atoms with van der Waals surface area (Å²) >= 11 is 0. The van der Waals surface area contributed by atoms with E-state index in [4.69, 9.17) is 14.6 Å². The van der Waals surface area contributed by atoms with Crippen molar-refractivity contribution in [3.63, 3.8) is 0 Å².